The number of aliphatic carboxylic acids is 1. The summed E-state index contributed by atoms with van der Waals surface area (Å²) in [4.78, 5) is 138. The number of carbonyl (C=O) groups excluding carboxylic acids is 9. The molecular formula is C60H78N12O12. The number of unbranched alkanes of at least 4 members (excludes halogenated alkanes) is 1. The zero-order chi connectivity index (χ0) is 61.0. The molecule has 24 nitrogen and oxygen atoms in total. The molecular weight excluding hydrogens is 1080 g/mol. The lowest BCUT2D eigenvalue weighted by Gasteiger charge is -2.28. The summed E-state index contributed by atoms with van der Waals surface area (Å²) in [6, 6.07) is 23.7. The number of aromatic nitrogens is 1. The Morgan fingerprint density at radius 3 is 1.49 bits per heavy atom. The van der Waals surface area contributed by atoms with Crippen LogP contribution >= 0.6 is 0 Å². The van der Waals surface area contributed by atoms with Crippen LogP contribution in [0.4, 0.5) is 0 Å². The predicted molar refractivity (Wildman–Crippen MR) is 313 cm³/mol. The number of carboxylic acid groups (broad SMARTS) is 1. The quantitative estimate of drug-likeness (QED) is 0.0234. The molecule has 0 spiro atoms. The van der Waals surface area contributed by atoms with Crippen molar-refractivity contribution >= 4 is 70.0 Å². The van der Waals surface area contributed by atoms with Gasteiger partial charge >= 0.3 is 5.97 Å². The van der Waals surface area contributed by atoms with E-state index in [1.165, 1.54) is 6.92 Å². The highest BCUT2D eigenvalue weighted by molar-refractivity contribution is 5.98. The summed E-state index contributed by atoms with van der Waals surface area (Å²) in [5, 5.41) is 42.2. The van der Waals surface area contributed by atoms with Crippen molar-refractivity contribution in [3.05, 3.63) is 144 Å². The van der Waals surface area contributed by atoms with Crippen LogP contribution in [0.2, 0.25) is 0 Å². The number of aliphatic hydroxyl groups is 1. The van der Waals surface area contributed by atoms with Gasteiger partial charge in [-0.15, -0.1) is 0 Å². The number of primary amides is 1. The van der Waals surface area contributed by atoms with Crippen LogP contribution in [0.5, 0.6) is 0 Å². The van der Waals surface area contributed by atoms with Crippen LogP contribution in [0.15, 0.2) is 121 Å². The lowest BCUT2D eigenvalue weighted by atomic mass is 10.00. The van der Waals surface area contributed by atoms with Gasteiger partial charge in [-0.2, -0.15) is 0 Å². The van der Waals surface area contributed by atoms with Crippen LogP contribution in [0.1, 0.15) is 80.5 Å². The Morgan fingerprint density at radius 2 is 0.964 bits per heavy atom. The molecule has 0 aliphatic carbocycles. The third kappa shape index (κ3) is 22.4. The molecule has 0 saturated heterocycles. The maximum absolute atomic E-state index is 14.9. The first-order chi connectivity index (χ1) is 40.3. The summed E-state index contributed by atoms with van der Waals surface area (Å²) in [6.07, 6.45) is 0.484. The van der Waals surface area contributed by atoms with E-state index in [2.05, 4.69) is 47.5 Å². The number of para-hydroxylation sites is 1. The van der Waals surface area contributed by atoms with E-state index >= 15 is 0 Å². The smallest absolute Gasteiger partial charge is 0.303 e. The molecule has 84 heavy (non-hydrogen) atoms. The summed E-state index contributed by atoms with van der Waals surface area (Å²) in [6.45, 7) is 1.71. The van der Waals surface area contributed by atoms with Crippen molar-refractivity contribution in [1.29, 1.82) is 0 Å². The fraction of sp³-hybridized carbons (Fsp3) is 0.400. The van der Waals surface area contributed by atoms with Gasteiger partial charge in [0.25, 0.3) is 0 Å². The van der Waals surface area contributed by atoms with E-state index in [1.807, 2.05) is 18.2 Å². The highest BCUT2D eigenvalue weighted by Gasteiger charge is 2.36. The van der Waals surface area contributed by atoms with Gasteiger partial charge in [-0.05, 0) is 73.9 Å². The first-order valence-electron chi connectivity index (χ1n) is 28.0. The number of hydrogen-bond acceptors (Lipinski definition) is 13. The zero-order valence-electron chi connectivity index (χ0n) is 47.0. The van der Waals surface area contributed by atoms with Gasteiger partial charge in [-0.3, -0.25) is 47.9 Å². The van der Waals surface area contributed by atoms with Crippen molar-refractivity contribution in [1.82, 2.24) is 47.5 Å². The van der Waals surface area contributed by atoms with Crippen LogP contribution in [0, 0.1) is 0 Å². The van der Waals surface area contributed by atoms with Crippen molar-refractivity contribution in [3.63, 3.8) is 0 Å². The topological polar surface area (TPSA) is 401 Å². The van der Waals surface area contributed by atoms with E-state index in [4.69, 9.17) is 22.3 Å². The number of aromatic amines is 1. The van der Waals surface area contributed by atoms with E-state index in [1.54, 1.807) is 103 Å². The van der Waals surface area contributed by atoms with Gasteiger partial charge in [0.2, 0.25) is 53.2 Å². The van der Waals surface area contributed by atoms with E-state index in [0.29, 0.717) is 35.1 Å². The van der Waals surface area contributed by atoms with E-state index < -0.39 is 108 Å². The second-order valence-electron chi connectivity index (χ2n) is 20.5. The molecule has 5 rings (SSSR count). The minimum atomic E-state index is -1.67. The zero-order valence-corrected chi connectivity index (χ0v) is 47.0. The van der Waals surface area contributed by atoms with E-state index in [-0.39, 0.29) is 83.3 Å². The normalized spacial score (nSPS) is 13.9. The van der Waals surface area contributed by atoms with Gasteiger partial charge in [-0.1, -0.05) is 109 Å². The molecule has 0 radical (unpaired) electrons. The van der Waals surface area contributed by atoms with Crippen LogP contribution in [-0.4, -0.2) is 142 Å². The molecule has 0 aliphatic heterocycles. The molecule has 0 aliphatic rings. The van der Waals surface area contributed by atoms with Gasteiger partial charge in [-0.25, -0.2) is 0 Å². The highest BCUT2D eigenvalue weighted by atomic mass is 16.4. The van der Waals surface area contributed by atoms with Crippen molar-refractivity contribution in [3.8, 4) is 0 Å². The lowest BCUT2D eigenvalue weighted by molar-refractivity contribution is -0.137. The summed E-state index contributed by atoms with van der Waals surface area (Å²) in [5.41, 5.74) is 20.4. The fourth-order valence-electron chi connectivity index (χ4n) is 9.13. The molecule has 0 unspecified atom stereocenters. The molecule has 17 N–H and O–H groups in total. The third-order valence-corrected chi connectivity index (χ3v) is 13.6. The van der Waals surface area contributed by atoms with Crippen molar-refractivity contribution < 1.29 is 58.2 Å². The summed E-state index contributed by atoms with van der Waals surface area (Å²) >= 11 is 0. The van der Waals surface area contributed by atoms with Crippen LogP contribution in [-0.2, 0) is 73.6 Å². The third-order valence-electron chi connectivity index (χ3n) is 13.6. The van der Waals surface area contributed by atoms with Gasteiger partial charge < -0.3 is 74.9 Å². The molecule has 450 valence electrons. The Labute approximate surface area is 487 Å². The minimum Gasteiger partial charge on any atom is -0.481 e. The van der Waals surface area contributed by atoms with Gasteiger partial charge in [0.15, 0.2) is 0 Å². The van der Waals surface area contributed by atoms with E-state index in [0.717, 1.165) is 10.9 Å². The Morgan fingerprint density at radius 1 is 0.512 bits per heavy atom. The Hall–Kier alpha value is -9.00. The second kappa shape index (κ2) is 34.4. The lowest BCUT2D eigenvalue weighted by Crippen LogP contribution is -2.62. The Balaban J connectivity index is 1.39. The number of benzene rings is 4. The Bertz CT molecular complexity index is 2980. The molecule has 0 saturated carbocycles. The SMILES string of the molecule is C[C@@H](O)[C@H](NC(=O)[C@H](CCCCN)NC(=O)[C@@H](Cc1c[nH]c2ccccc12)NC(=O)[C@H](Cc1ccccc1)NC(=O)[C@H](Cc1ccccc1)NC(=O)[C@@H](N)CC(N)=O)C(=O)N[C@@H](Cc1ccccc1)C(=O)NCCCC(=O)NCCCC(=O)O. The number of nitrogens with two attached hydrogens (primary N) is 3. The fourth-order valence-corrected chi connectivity index (χ4v) is 9.13. The molecule has 0 bridgehead atoms. The summed E-state index contributed by atoms with van der Waals surface area (Å²) < 4.78 is 0. The molecule has 0 fully saturated rings. The number of rotatable bonds is 36. The number of H-pyrrole nitrogens is 1. The number of nitrogens with one attached hydrogen (secondary N) is 9. The molecule has 1 heterocycles. The minimum absolute atomic E-state index is 0.00189. The molecule has 24 heteroatoms. The number of aliphatic hydroxyl groups excluding tert-OH is 1. The average Bonchev–Trinajstić information content (AvgIpc) is 3.88. The number of hydrogen-bond donors (Lipinski definition) is 14. The second-order valence-corrected chi connectivity index (χ2v) is 20.5. The van der Waals surface area contributed by atoms with Gasteiger partial charge in [0.1, 0.15) is 36.3 Å². The van der Waals surface area contributed by atoms with E-state index in [9.17, 15) is 53.1 Å². The summed E-state index contributed by atoms with van der Waals surface area (Å²) in [7, 11) is 0. The molecule has 9 amide bonds. The average molecular weight is 1160 g/mol. The van der Waals surface area contributed by atoms with Gasteiger partial charge in [0, 0.05) is 68.7 Å². The van der Waals surface area contributed by atoms with Gasteiger partial charge in [0.05, 0.1) is 18.6 Å². The molecule has 1 aromatic heterocycles. The Kier molecular flexibility index (Phi) is 27.0. The summed E-state index contributed by atoms with van der Waals surface area (Å²) in [5.74, 6) is -7.88. The standard InChI is InChI=1S/C60H78N12O12/c1-37(73)53(60(84)71-46(31-38-17-5-2-6-18-38)55(79)65-30-15-26-51(75)64-29-16-27-52(76)77)72-56(80)45(25-13-14-28-61)67-59(83)49(34-41-36-66-44-24-12-11-23-42(41)44)70-58(82)48(33-40-21-9-4-10-22-40)69-57(81)47(32-39-19-7-3-8-20-39)68-54(78)43(62)35-50(63)74/h2-12,17-24,36-37,43,45-49,53,66,73H,13-16,25-35,61-62H2,1H3,(H2,63,74)(H,64,75)(H,65,79)(H,67,83)(H,68,78)(H,69,81)(H,70,82)(H,71,84)(H,72,80)(H,76,77)/t37-,43+,45+,46+,47+,48+,49-,53+/m1/s1. The van der Waals surface area contributed by atoms with Crippen molar-refractivity contribution in [2.24, 2.45) is 17.2 Å². The molecule has 5 aromatic rings. The first kappa shape index (κ1) is 65.8. The number of fused-ring (bicyclic) bond motifs is 1. The molecule has 4 aromatic carbocycles. The highest BCUT2D eigenvalue weighted by Crippen LogP contribution is 2.20. The maximum Gasteiger partial charge on any atom is 0.303 e. The van der Waals surface area contributed by atoms with Crippen molar-refractivity contribution in [2.45, 2.75) is 132 Å². The first-order valence-corrected chi connectivity index (χ1v) is 28.0. The predicted octanol–water partition coefficient (Wildman–Crippen LogP) is -0.0628. The maximum atomic E-state index is 14.9. The number of amides is 9. The number of carboxylic acids is 1. The monoisotopic (exact) mass is 1160 g/mol. The van der Waals surface area contributed by atoms with Crippen molar-refractivity contribution in [2.75, 3.05) is 19.6 Å². The number of carbonyl (C=O) groups is 10. The van der Waals surface area contributed by atoms with Crippen LogP contribution < -0.4 is 59.7 Å². The van der Waals surface area contributed by atoms with Crippen LogP contribution in [0.25, 0.3) is 10.9 Å². The molecule has 8 atom stereocenters. The largest absolute Gasteiger partial charge is 0.481 e. The van der Waals surface area contributed by atoms with Crippen LogP contribution in [0.3, 0.4) is 0 Å².